The zero-order chi connectivity index (χ0) is 18.6. The first-order valence-electron chi connectivity index (χ1n) is 7.82. The summed E-state index contributed by atoms with van der Waals surface area (Å²) in [4.78, 5) is 8.26. The molecule has 0 radical (unpaired) electrons. The Morgan fingerprint density at radius 1 is 1.08 bits per heavy atom. The van der Waals surface area contributed by atoms with Crippen molar-refractivity contribution in [2.24, 2.45) is 0 Å². The van der Waals surface area contributed by atoms with E-state index < -0.39 is 10.0 Å². The van der Waals surface area contributed by atoms with Crippen LogP contribution in [-0.4, -0.2) is 18.4 Å². The fourth-order valence-corrected chi connectivity index (χ4v) is 3.46. The van der Waals surface area contributed by atoms with Gasteiger partial charge in [0.2, 0.25) is 0 Å². The van der Waals surface area contributed by atoms with Crippen LogP contribution in [0.2, 0.25) is 5.02 Å². The molecule has 8 heteroatoms. The number of sulfonamides is 1. The van der Waals surface area contributed by atoms with Gasteiger partial charge < -0.3 is 5.32 Å². The molecular weight excluding hydrogens is 372 g/mol. The van der Waals surface area contributed by atoms with E-state index in [0.29, 0.717) is 17.1 Å². The number of hydrogen-bond donors (Lipinski definition) is 2. The van der Waals surface area contributed by atoms with Crippen LogP contribution in [0.25, 0.3) is 0 Å². The number of rotatable bonds is 6. The molecule has 0 bridgehead atoms. The molecule has 0 aliphatic carbocycles. The maximum atomic E-state index is 12.4. The van der Waals surface area contributed by atoms with Gasteiger partial charge in [-0.3, -0.25) is 9.71 Å². The molecular formula is C18H17ClN4O2S. The summed E-state index contributed by atoms with van der Waals surface area (Å²) in [6.45, 7) is 2.38. The van der Waals surface area contributed by atoms with Crippen LogP contribution in [0.1, 0.15) is 11.1 Å². The number of benzene rings is 1. The van der Waals surface area contributed by atoms with Gasteiger partial charge in [-0.1, -0.05) is 11.6 Å². The molecule has 134 valence electrons. The van der Waals surface area contributed by atoms with E-state index in [1.807, 2.05) is 12.1 Å². The van der Waals surface area contributed by atoms with Crippen LogP contribution >= 0.6 is 11.6 Å². The summed E-state index contributed by atoms with van der Waals surface area (Å²) < 4.78 is 27.4. The van der Waals surface area contributed by atoms with Crippen molar-refractivity contribution < 1.29 is 8.42 Å². The number of nitrogens with zero attached hydrogens (tertiary/aromatic N) is 2. The van der Waals surface area contributed by atoms with Gasteiger partial charge in [0.15, 0.2) is 0 Å². The second-order valence-corrected chi connectivity index (χ2v) is 7.75. The fourth-order valence-electron chi connectivity index (χ4n) is 2.24. The van der Waals surface area contributed by atoms with E-state index in [0.717, 1.165) is 11.3 Å². The molecule has 3 aromatic rings. The van der Waals surface area contributed by atoms with Gasteiger partial charge in [-0.2, -0.15) is 0 Å². The van der Waals surface area contributed by atoms with E-state index in [1.54, 1.807) is 43.7 Å². The summed E-state index contributed by atoms with van der Waals surface area (Å²) in [5.74, 6) is 0.243. The average molecular weight is 389 g/mol. The third-order valence-electron chi connectivity index (χ3n) is 3.69. The van der Waals surface area contributed by atoms with Crippen LogP contribution in [0.4, 0.5) is 11.5 Å². The normalized spacial score (nSPS) is 11.2. The van der Waals surface area contributed by atoms with E-state index in [-0.39, 0.29) is 10.7 Å². The lowest BCUT2D eigenvalue weighted by molar-refractivity contribution is 0.601. The molecule has 2 N–H and O–H groups in total. The van der Waals surface area contributed by atoms with Crippen molar-refractivity contribution in [2.45, 2.75) is 18.4 Å². The molecule has 0 unspecified atom stereocenters. The highest BCUT2D eigenvalue weighted by atomic mass is 35.5. The molecule has 2 heterocycles. The summed E-state index contributed by atoms with van der Waals surface area (Å²) >= 11 is 5.94. The SMILES string of the molecule is Cc1cc(S(=O)(=O)Nc2ccc(NCc3ccncc3)cn2)ccc1Cl. The number of nitrogens with one attached hydrogen (secondary N) is 2. The summed E-state index contributed by atoms with van der Waals surface area (Å²) in [6.07, 6.45) is 5.03. The monoisotopic (exact) mass is 388 g/mol. The second kappa shape index (κ2) is 7.72. The molecule has 0 atom stereocenters. The van der Waals surface area contributed by atoms with Gasteiger partial charge in [0.25, 0.3) is 10.0 Å². The maximum absolute atomic E-state index is 12.4. The van der Waals surface area contributed by atoms with Crippen molar-refractivity contribution in [1.82, 2.24) is 9.97 Å². The highest BCUT2D eigenvalue weighted by molar-refractivity contribution is 7.92. The summed E-state index contributed by atoms with van der Waals surface area (Å²) in [6, 6.07) is 11.7. The fraction of sp³-hybridized carbons (Fsp3) is 0.111. The zero-order valence-electron chi connectivity index (χ0n) is 14.0. The number of aromatic nitrogens is 2. The summed E-state index contributed by atoms with van der Waals surface area (Å²) in [5.41, 5.74) is 2.56. The summed E-state index contributed by atoms with van der Waals surface area (Å²) in [5, 5.41) is 3.73. The Kier molecular flexibility index (Phi) is 5.39. The number of pyridine rings is 2. The van der Waals surface area contributed by atoms with Crippen molar-refractivity contribution in [3.63, 3.8) is 0 Å². The first-order chi connectivity index (χ1) is 12.4. The Morgan fingerprint density at radius 3 is 2.50 bits per heavy atom. The number of hydrogen-bond acceptors (Lipinski definition) is 5. The zero-order valence-corrected chi connectivity index (χ0v) is 15.6. The van der Waals surface area contributed by atoms with Gasteiger partial charge in [0.1, 0.15) is 5.82 Å². The Bertz CT molecular complexity index is 993. The predicted molar refractivity (Wildman–Crippen MR) is 103 cm³/mol. The molecule has 0 amide bonds. The van der Waals surface area contributed by atoms with E-state index >= 15 is 0 Å². The minimum absolute atomic E-state index is 0.140. The largest absolute Gasteiger partial charge is 0.380 e. The van der Waals surface area contributed by atoms with Gasteiger partial charge in [0.05, 0.1) is 16.8 Å². The van der Waals surface area contributed by atoms with E-state index in [2.05, 4.69) is 20.0 Å². The van der Waals surface area contributed by atoms with Crippen molar-refractivity contribution in [3.8, 4) is 0 Å². The molecule has 0 aliphatic heterocycles. The molecule has 0 saturated carbocycles. The van der Waals surface area contributed by atoms with Crippen LogP contribution in [-0.2, 0) is 16.6 Å². The number of aryl methyl sites for hydroxylation is 1. The van der Waals surface area contributed by atoms with Crippen LogP contribution in [0, 0.1) is 6.92 Å². The predicted octanol–water partition coefficient (Wildman–Crippen LogP) is 3.85. The lowest BCUT2D eigenvalue weighted by atomic mass is 10.2. The van der Waals surface area contributed by atoms with Gasteiger partial charge in [-0.15, -0.1) is 0 Å². The molecule has 0 aliphatic rings. The molecule has 3 rings (SSSR count). The smallest absolute Gasteiger partial charge is 0.263 e. The maximum Gasteiger partial charge on any atom is 0.263 e. The first-order valence-corrected chi connectivity index (χ1v) is 9.68. The topological polar surface area (TPSA) is 84.0 Å². The average Bonchev–Trinajstić information content (AvgIpc) is 2.64. The van der Waals surface area contributed by atoms with Gasteiger partial charge in [-0.25, -0.2) is 13.4 Å². The quantitative estimate of drug-likeness (QED) is 0.670. The molecule has 26 heavy (non-hydrogen) atoms. The Balaban J connectivity index is 1.67. The minimum Gasteiger partial charge on any atom is -0.380 e. The highest BCUT2D eigenvalue weighted by Crippen LogP contribution is 2.21. The lowest BCUT2D eigenvalue weighted by Crippen LogP contribution is -2.14. The van der Waals surface area contributed by atoms with Crippen molar-refractivity contribution in [1.29, 1.82) is 0 Å². The van der Waals surface area contributed by atoms with Crippen molar-refractivity contribution in [2.75, 3.05) is 10.0 Å². The van der Waals surface area contributed by atoms with E-state index in [9.17, 15) is 8.42 Å². The van der Waals surface area contributed by atoms with E-state index in [1.165, 1.54) is 12.1 Å². The Labute approximate surface area is 157 Å². The van der Waals surface area contributed by atoms with Crippen LogP contribution in [0.3, 0.4) is 0 Å². The van der Waals surface area contributed by atoms with Crippen LogP contribution < -0.4 is 10.0 Å². The van der Waals surface area contributed by atoms with Gasteiger partial charge >= 0.3 is 0 Å². The molecule has 1 aromatic carbocycles. The Morgan fingerprint density at radius 2 is 1.85 bits per heavy atom. The third-order valence-corrected chi connectivity index (χ3v) is 5.46. The van der Waals surface area contributed by atoms with Gasteiger partial charge in [0, 0.05) is 24.0 Å². The lowest BCUT2D eigenvalue weighted by Gasteiger charge is -2.10. The summed E-state index contributed by atoms with van der Waals surface area (Å²) in [7, 11) is -3.72. The first kappa shape index (κ1) is 18.2. The minimum atomic E-state index is -3.72. The van der Waals surface area contributed by atoms with Gasteiger partial charge in [-0.05, 0) is 60.5 Å². The van der Waals surface area contributed by atoms with Crippen LogP contribution in [0.15, 0.2) is 66.0 Å². The number of anilines is 2. The standard InChI is InChI=1S/C18H17ClN4O2S/c1-13-10-16(3-4-17(13)19)26(24,25)23-18-5-2-15(12-22-18)21-11-14-6-8-20-9-7-14/h2-10,12,21H,11H2,1H3,(H,22,23). The van der Waals surface area contributed by atoms with E-state index in [4.69, 9.17) is 11.6 Å². The second-order valence-electron chi connectivity index (χ2n) is 5.66. The third kappa shape index (κ3) is 4.50. The highest BCUT2D eigenvalue weighted by Gasteiger charge is 2.15. The Hall–Kier alpha value is -2.64. The number of halogens is 1. The molecule has 0 spiro atoms. The molecule has 0 fully saturated rings. The molecule has 2 aromatic heterocycles. The molecule has 0 saturated heterocycles. The van der Waals surface area contributed by atoms with Crippen molar-refractivity contribution >= 4 is 33.1 Å². The van der Waals surface area contributed by atoms with Crippen LogP contribution in [0.5, 0.6) is 0 Å². The molecule has 6 nitrogen and oxygen atoms in total. The van der Waals surface area contributed by atoms with Crippen molar-refractivity contribution in [3.05, 3.63) is 77.2 Å².